The number of carbonyl (C=O) groups is 1. The van der Waals surface area contributed by atoms with E-state index in [1.165, 1.54) is 18.2 Å². The van der Waals surface area contributed by atoms with Crippen molar-refractivity contribution in [2.24, 2.45) is 0 Å². The van der Waals surface area contributed by atoms with E-state index < -0.39 is 4.92 Å². The smallest absolute Gasteiger partial charge is 0.272 e. The number of aryl methyl sites for hydroxylation is 1. The van der Waals surface area contributed by atoms with Crippen LogP contribution in [0.3, 0.4) is 0 Å². The van der Waals surface area contributed by atoms with Crippen molar-refractivity contribution in [2.75, 3.05) is 0 Å². The predicted octanol–water partition coefficient (Wildman–Crippen LogP) is 2.79. The highest BCUT2D eigenvalue weighted by molar-refractivity contribution is 5.94. The van der Waals surface area contributed by atoms with Crippen molar-refractivity contribution in [3.63, 3.8) is 0 Å². The van der Waals surface area contributed by atoms with E-state index in [0.29, 0.717) is 11.1 Å². The van der Waals surface area contributed by atoms with Crippen LogP contribution in [-0.2, 0) is 0 Å². The first-order valence-corrected chi connectivity index (χ1v) is 6.46. The summed E-state index contributed by atoms with van der Waals surface area (Å²) in [7, 11) is 0. The molecule has 0 aliphatic carbocycles. The average molecular weight is 285 g/mol. The monoisotopic (exact) mass is 285 g/mol. The van der Waals surface area contributed by atoms with Gasteiger partial charge in [-0.05, 0) is 38.1 Å². The quantitative estimate of drug-likeness (QED) is 0.691. The number of nitrogens with zero attached hydrogens (tertiary/aromatic N) is 2. The first kappa shape index (κ1) is 14.6. The molecule has 2 rings (SSSR count). The third-order valence-corrected chi connectivity index (χ3v) is 3.13. The highest BCUT2D eigenvalue weighted by atomic mass is 16.6. The standard InChI is InChI=1S/C15H15N3O3/c1-10-9-12(6-7-14(10)18(20)21)15(19)17-11(2)13-5-3-4-8-16-13/h3-9,11H,1-2H3,(H,17,19)/t11-/m1/s1. The number of nitrogens with one attached hydrogen (secondary N) is 1. The lowest BCUT2D eigenvalue weighted by Gasteiger charge is -2.13. The van der Waals surface area contributed by atoms with Crippen molar-refractivity contribution in [3.05, 3.63) is 69.5 Å². The molecule has 0 saturated carbocycles. The Morgan fingerprint density at radius 1 is 1.33 bits per heavy atom. The molecule has 0 radical (unpaired) electrons. The van der Waals surface area contributed by atoms with Gasteiger partial charge in [0.05, 0.1) is 16.7 Å². The van der Waals surface area contributed by atoms with Crippen molar-refractivity contribution in [1.29, 1.82) is 0 Å². The highest BCUT2D eigenvalue weighted by Crippen LogP contribution is 2.19. The van der Waals surface area contributed by atoms with E-state index in [2.05, 4.69) is 10.3 Å². The Hall–Kier alpha value is -2.76. The van der Waals surface area contributed by atoms with E-state index in [0.717, 1.165) is 5.69 Å². The highest BCUT2D eigenvalue weighted by Gasteiger charge is 2.16. The summed E-state index contributed by atoms with van der Waals surface area (Å²) in [5.74, 6) is -0.286. The number of benzene rings is 1. The zero-order chi connectivity index (χ0) is 15.4. The van der Waals surface area contributed by atoms with Gasteiger partial charge in [-0.1, -0.05) is 6.07 Å². The van der Waals surface area contributed by atoms with Crippen LogP contribution in [0, 0.1) is 17.0 Å². The zero-order valence-electron chi connectivity index (χ0n) is 11.7. The maximum absolute atomic E-state index is 12.2. The predicted molar refractivity (Wildman–Crippen MR) is 78.0 cm³/mol. The third-order valence-electron chi connectivity index (χ3n) is 3.13. The number of hydrogen-bond donors (Lipinski definition) is 1. The molecule has 1 aromatic carbocycles. The lowest BCUT2D eigenvalue weighted by molar-refractivity contribution is -0.385. The number of pyridine rings is 1. The second-order valence-corrected chi connectivity index (χ2v) is 4.71. The molecule has 0 aliphatic heterocycles. The van der Waals surface area contributed by atoms with Gasteiger partial charge in [0.2, 0.25) is 0 Å². The molecular weight excluding hydrogens is 270 g/mol. The van der Waals surface area contributed by atoms with Crippen LogP contribution in [0.4, 0.5) is 5.69 Å². The largest absolute Gasteiger partial charge is 0.344 e. The maximum Gasteiger partial charge on any atom is 0.272 e. The molecule has 6 nitrogen and oxygen atoms in total. The first-order chi connectivity index (χ1) is 9.99. The summed E-state index contributed by atoms with van der Waals surface area (Å²) in [6.45, 7) is 3.44. The fraction of sp³-hybridized carbons (Fsp3) is 0.200. The number of nitro groups is 1. The van der Waals surface area contributed by atoms with E-state index in [1.54, 1.807) is 19.2 Å². The van der Waals surface area contributed by atoms with Crippen molar-refractivity contribution in [1.82, 2.24) is 10.3 Å². The Bertz CT molecular complexity index is 671. The van der Waals surface area contributed by atoms with E-state index in [4.69, 9.17) is 0 Å². The lowest BCUT2D eigenvalue weighted by atomic mass is 10.1. The SMILES string of the molecule is Cc1cc(C(=O)N[C@H](C)c2ccccn2)ccc1[N+](=O)[O-]. The molecule has 1 aromatic heterocycles. The minimum atomic E-state index is -0.465. The molecule has 0 aliphatic rings. The molecule has 21 heavy (non-hydrogen) atoms. The summed E-state index contributed by atoms with van der Waals surface area (Å²) >= 11 is 0. The van der Waals surface area contributed by atoms with Gasteiger partial charge in [0.15, 0.2) is 0 Å². The second-order valence-electron chi connectivity index (χ2n) is 4.71. The van der Waals surface area contributed by atoms with Gasteiger partial charge in [-0.2, -0.15) is 0 Å². The minimum absolute atomic E-state index is 0.00400. The molecule has 1 amide bonds. The minimum Gasteiger partial charge on any atom is -0.344 e. The van der Waals surface area contributed by atoms with Crippen LogP contribution in [0.25, 0.3) is 0 Å². The Kier molecular flexibility index (Phi) is 4.27. The van der Waals surface area contributed by atoms with Gasteiger partial charge in [0.1, 0.15) is 0 Å². The molecule has 0 spiro atoms. The number of amides is 1. The summed E-state index contributed by atoms with van der Waals surface area (Å²) < 4.78 is 0. The van der Waals surface area contributed by atoms with Gasteiger partial charge in [-0.15, -0.1) is 0 Å². The molecule has 2 aromatic rings. The van der Waals surface area contributed by atoms with Crippen LogP contribution < -0.4 is 5.32 Å². The summed E-state index contributed by atoms with van der Waals surface area (Å²) in [5, 5.41) is 13.6. The fourth-order valence-electron chi connectivity index (χ4n) is 1.99. The molecule has 0 bridgehead atoms. The molecule has 6 heteroatoms. The summed E-state index contributed by atoms with van der Waals surface area (Å²) in [4.78, 5) is 26.6. The molecule has 0 fully saturated rings. The Morgan fingerprint density at radius 2 is 2.10 bits per heavy atom. The lowest BCUT2D eigenvalue weighted by Crippen LogP contribution is -2.27. The van der Waals surface area contributed by atoms with Crippen LogP contribution in [0.1, 0.15) is 34.6 Å². The first-order valence-electron chi connectivity index (χ1n) is 6.46. The summed E-state index contributed by atoms with van der Waals surface area (Å²) in [6, 6.07) is 9.54. The zero-order valence-corrected chi connectivity index (χ0v) is 11.7. The number of carbonyl (C=O) groups excluding carboxylic acids is 1. The van der Waals surface area contributed by atoms with Crippen molar-refractivity contribution < 1.29 is 9.72 Å². The molecule has 1 heterocycles. The summed E-state index contributed by atoms with van der Waals surface area (Å²) in [6.07, 6.45) is 1.66. The normalized spacial score (nSPS) is 11.7. The topological polar surface area (TPSA) is 85.1 Å². The molecule has 108 valence electrons. The maximum atomic E-state index is 12.2. The molecule has 1 atom stereocenters. The molecule has 1 N–H and O–H groups in total. The van der Waals surface area contributed by atoms with E-state index in [9.17, 15) is 14.9 Å². The summed E-state index contributed by atoms with van der Waals surface area (Å²) in [5.41, 5.74) is 1.60. The van der Waals surface area contributed by atoms with E-state index in [-0.39, 0.29) is 17.6 Å². The van der Waals surface area contributed by atoms with Crippen LogP contribution >= 0.6 is 0 Å². The Morgan fingerprint density at radius 3 is 2.67 bits per heavy atom. The fourth-order valence-corrected chi connectivity index (χ4v) is 1.99. The van der Waals surface area contributed by atoms with Crippen LogP contribution in [0.15, 0.2) is 42.6 Å². The van der Waals surface area contributed by atoms with Crippen LogP contribution in [-0.4, -0.2) is 15.8 Å². The number of aromatic nitrogens is 1. The van der Waals surface area contributed by atoms with E-state index >= 15 is 0 Å². The Labute approximate surface area is 122 Å². The number of hydrogen-bond acceptors (Lipinski definition) is 4. The van der Waals surface area contributed by atoms with Gasteiger partial charge in [0, 0.05) is 23.4 Å². The molecular formula is C15H15N3O3. The van der Waals surface area contributed by atoms with Gasteiger partial charge in [0.25, 0.3) is 11.6 Å². The van der Waals surface area contributed by atoms with Gasteiger partial charge in [-0.3, -0.25) is 19.9 Å². The van der Waals surface area contributed by atoms with Crippen LogP contribution in [0.5, 0.6) is 0 Å². The van der Waals surface area contributed by atoms with Gasteiger partial charge < -0.3 is 5.32 Å². The molecule has 0 unspecified atom stereocenters. The van der Waals surface area contributed by atoms with Crippen molar-refractivity contribution in [2.45, 2.75) is 19.9 Å². The Balaban J connectivity index is 2.14. The molecule has 0 saturated heterocycles. The van der Waals surface area contributed by atoms with Crippen molar-refractivity contribution >= 4 is 11.6 Å². The third kappa shape index (κ3) is 3.42. The number of nitro benzene ring substituents is 1. The van der Waals surface area contributed by atoms with E-state index in [1.807, 2.05) is 19.1 Å². The average Bonchev–Trinajstić information content (AvgIpc) is 2.47. The number of rotatable bonds is 4. The van der Waals surface area contributed by atoms with Crippen molar-refractivity contribution in [3.8, 4) is 0 Å². The van der Waals surface area contributed by atoms with Crippen LogP contribution in [0.2, 0.25) is 0 Å². The van der Waals surface area contributed by atoms with Gasteiger partial charge in [-0.25, -0.2) is 0 Å². The second kappa shape index (κ2) is 6.13. The van der Waals surface area contributed by atoms with Gasteiger partial charge >= 0.3 is 0 Å².